The number of amides is 1. The molecule has 1 N–H and O–H groups in total. The number of cyclic esters (lactones) is 1. The van der Waals surface area contributed by atoms with E-state index in [0.29, 0.717) is 24.6 Å². The van der Waals surface area contributed by atoms with Crippen molar-refractivity contribution in [3.63, 3.8) is 0 Å². The molecule has 4 atom stereocenters. The molecule has 8 nitrogen and oxygen atoms in total. The van der Waals surface area contributed by atoms with Crippen LogP contribution in [0.5, 0.6) is 5.88 Å². The van der Waals surface area contributed by atoms with E-state index in [-0.39, 0.29) is 23.7 Å². The van der Waals surface area contributed by atoms with Crippen molar-refractivity contribution >= 4 is 12.1 Å². The second kappa shape index (κ2) is 14.2. The number of hydrogen-bond acceptors (Lipinski definition) is 6. The normalized spacial score (nSPS) is 19.5. The van der Waals surface area contributed by atoms with Gasteiger partial charge in [0.1, 0.15) is 6.10 Å². The highest BCUT2D eigenvalue weighted by atomic mass is 16.6. The highest BCUT2D eigenvalue weighted by Crippen LogP contribution is 2.37. The molecule has 1 fully saturated rings. The Labute approximate surface area is 229 Å². The summed E-state index contributed by atoms with van der Waals surface area (Å²) >= 11 is 0. The first-order valence-electron chi connectivity index (χ1n) is 14.0. The van der Waals surface area contributed by atoms with E-state index in [9.17, 15) is 14.7 Å². The molecule has 2 heterocycles. The number of unbranched alkanes of at least 4 members (excludes halogenated alkanes) is 1. The largest absolute Gasteiger partial charge is 0.481 e. The molecular weight excluding hydrogens is 484 g/mol. The average Bonchev–Trinajstić information content (AvgIpc) is 3.21. The lowest BCUT2D eigenvalue weighted by atomic mass is 9.80. The summed E-state index contributed by atoms with van der Waals surface area (Å²) in [5, 5.41) is 10.3. The molecule has 1 aliphatic heterocycles. The predicted octanol–water partition coefficient (Wildman–Crippen LogP) is 6.00. The van der Waals surface area contributed by atoms with Gasteiger partial charge in [-0.25, -0.2) is 9.78 Å². The van der Waals surface area contributed by atoms with Crippen LogP contribution in [0.2, 0.25) is 0 Å². The fourth-order valence-electron chi connectivity index (χ4n) is 5.55. The molecule has 0 aromatic carbocycles. The van der Waals surface area contributed by atoms with E-state index < -0.39 is 23.8 Å². The first-order valence-corrected chi connectivity index (χ1v) is 14.0. The van der Waals surface area contributed by atoms with Crippen LogP contribution in [-0.4, -0.2) is 65.6 Å². The summed E-state index contributed by atoms with van der Waals surface area (Å²) in [7, 11) is 3.35. The first kappa shape index (κ1) is 31.9. The number of ether oxygens (including phenoxy) is 3. The third kappa shape index (κ3) is 8.58. The van der Waals surface area contributed by atoms with Crippen molar-refractivity contribution in [2.45, 2.75) is 105 Å². The topological polar surface area (TPSA) is 98.2 Å². The molecule has 0 saturated carbocycles. The standard InChI is InChI=1S/C30H50N2O6/c1-19(2)23(15-21-14-22(12-10-11-13-36-8)27(37-9)31-18-21)16-25(32(29(34)35)30(5,6)7)26-17-24(20(3)4)28(33)38-26/h14,18-20,23-26H,10-13,15-17H2,1-9H3,(H,34,35)/t23-,24-,25-,26-/m0/s1. The van der Waals surface area contributed by atoms with Gasteiger partial charge in [-0.15, -0.1) is 0 Å². The van der Waals surface area contributed by atoms with Crippen molar-refractivity contribution < 1.29 is 28.9 Å². The fourth-order valence-corrected chi connectivity index (χ4v) is 5.55. The van der Waals surface area contributed by atoms with E-state index in [1.165, 1.54) is 4.90 Å². The van der Waals surface area contributed by atoms with Crippen LogP contribution < -0.4 is 4.74 Å². The van der Waals surface area contributed by atoms with Crippen molar-refractivity contribution in [2.75, 3.05) is 20.8 Å². The van der Waals surface area contributed by atoms with Crippen LogP contribution in [0, 0.1) is 23.7 Å². The number of nitrogens with zero attached hydrogens (tertiary/aromatic N) is 2. The second-order valence-electron chi connectivity index (χ2n) is 12.4. The Bertz CT molecular complexity index is 910. The van der Waals surface area contributed by atoms with Crippen LogP contribution in [0.4, 0.5) is 4.79 Å². The summed E-state index contributed by atoms with van der Waals surface area (Å²) < 4.78 is 16.6. The molecule has 2 rings (SSSR count). The zero-order valence-electron chi connectivity index (χ0n) is 25.0. The minimum absolute atomic E-state index is 0.148. The van der Waals surface area contributed by atoms with Crippen LogP contribution >= 0.6 is 0 Å². The van der Waals surface area contributed by atoms with Gasteiger partial charge in [0.2, 0.25) is 5.88 Å². The number of carbonyl (C=O) groups excluding carboxylic acids is 1. The Kier molecular flexibility index (Phi) is 11.9. The lowest BCUT2D eigenvalue weighted by Crippen LogP contribution is -2.56. The minimum atomic E-state index is -0.987. The zero-order chi connectivity index (χ0) is 28.6. The summed E-state index contributed by atoms with van der Waals surface area (Å²) in [5.41, 5.74) is 1.54. The van der Waals surface area contributed by atoms with Gasteiger partial charge < -0.3 is 19.3 Å². The number of hydrogen-bond donors (Lipinski definition) is 1. The third-order valence-corrected chi connectivity index (χ3v) is 7.76. The molecule has 38 heavy (non-hydrogen) atoms. The molecular formula is C30H50N2O6. The van der Waals surface area contributed by atoms with Gasteiger partial charge in [0.15, 0.2) is 0 Å². The van der Waals surface area contributed by atoms with Gasteiger partial charge in [0, 0.05) is 31.0 Å². The maximum atomic E-state index is 12.7. The van der Waals surface area contributed by atoms with Crippen molar-refractivity contribution in [3.05, 3.63) is 23.4 Å². The van der Waals surface area contributed by atoms with Crippen LogP contribution in [0.1, 0.15) is 85.3 Å². The van der Waals surface area contributed by atoms with Gasteiger partial charge in [0.05, 0.1) is 19.1 Å². The smallest absolute Gasteiger partial charge is 0.408 e. The third-order valence-electron chi connectivity index (χ3n) is 7.76. The average molecular weight is 535 g/mol. The molecule has 0 unspecified atom stereocenters. The SMILES string of the molecule is COCCCCc1cc(C[C@@H](C[C@@H]([C@@H]2C[C@@H](C(C)C)C(=O)O2)N(C(=O)O)C(C)(C)C)C(C)C)cnc1OC. The lowest BCUT2D eigenvalue weighted by Gasteiger charge is -2.43. The number of aryl methyl sites for hydroxylation is 1. The Balaban J connectivity index is 2.35. The molecule has 1 aliphatic rings. The van der Waals surface area contributed by atoms with Gasteiger partial charge in [-0.1, -0.05) is 27.7 Å². The van der Waals surface area contributed by atoms with E-state index in [2.05, 4.69) is 24.9 Å². The molecule has 0 aliphatic carbocycles. The lowest BCUT2D eigenvalue weighted by molar-refractivity contribution is -0.148. The first-order chi connectivity index (χ1) is 17.8. The van der Waals surface area contributed by atoms with E-state index in [1.807, 2.05) is 40.8 Å². The van der Waals surface area contributed by atoms with E-state index in [4.69, 9.17) is 14.2 Å². The highest BCUT2D eigenvalue weighted by Gasteiger charge is 2.46. The van der Waals surface area contributed by atoms with Gasteiger partial charge in [-0.2, -0.15) is 0 Å². The molecule has 1 aromatic heterocycles. The van der Waals surface area contributed by atoms with Crippen molar-refractivity contribution in [2.24, 2.45) is 23.7 Å². The summed E-state index contributed by atoms with van der Waals surface area (Å²) in [6.45, 7) is 14.8. The van der Waals surface area contributed by atoms with Crippen LogP contribution in [0.25, 0.3) is 0 Å². The van der Waals surface area contributed by atoms with E-state index in [0.717, 1.165) is 43.4 Å². The minimum Gasteiger partial charge on any atom is -0.481 e. The fraction of sp³-hybridized carbons (Fsp3) is 0.767. The highest BCUT2D eigenvalue weighted by molar-refractivity contribution is 5.75. The quantitative estimate of drug-likeness (QED) is 0.231. The number of esters is 1. The summed E-state index contributed by atoms with van der Waals surface area (Å²) in [6, 6.07) is 1.74. The van der Waals surface area contributed by atoms with Crippen molar-refractivity contribution in [1.29, 1.82) is 0 Å². The summed E-state index contributed by atoms with van der Waals surface area (Å²) in [4.78, 5) is 31.3. The van der Waals surface area contributed by atoms with Gasteiger partial charge >= 0.3 is 12.1 Å². The molecule has 1 aromatic rings. The Morgan fingerprint density at radius 1 is 1.21 bits per heavy atom. The van der Waals surface area contributed by atoms with Crippen molar-refractivity contribution in [3.8, 4) is 5.88 Å². The van der Waals surface area contributed by atoms with Crippen molar-refractivity contribution in [1.82, 2.24) is 9.88 Å². The van der Waals surface area contributed by atoms with E-state index >= 15 is 0 Å². The van der Waals surface area contributed by atoms with Crippen LogP contribution in [-0.2, 0) is 27.1 Å². The number of rotatable bonds is 14. The Morgan fingerprint density at radius 2 is 1.89 bits per heavy atom. The van der Waals surface area contributed by atoms with E-state index in [1.54, 1.807) is 14.2 Å². The molecule has 0 spiro atoms. The number of carboxylic acid groups (broad SMARTS) is 1. The molecule has 0 bridgehead atoms. The summed E-state index contributed by atoms with van der Waals surface area (Å²) in [6.07, 6.45) is 5.11. The molecule has 1 amide bonds. The molecule has 8 heteroatoms. The number of aromatic nitrogens is 1. The van der Waals surface area contributed by atoms with Gasteiger partial charge in [-0.05, 0) is 88.7 Å². The number of pyridine rings is 1. The zero-order valence-corrected chi connectivity index (χ0v) is 25.0. The number of methoxy groups -OCH3 is 2. The summed E-state index contributed by atoms with van der Waals surface area (Å²) in [5.74, 6) is 0.827. The predicted molar refractivity (Wildman–Crippen MR) is 148 cm³/mol. The Hall–Kier alpha value is -2.35. The van der Waals surface area contributed by atoms with Gasteiger partial charge in [0.25, 0.3) is 0 Å². The number of carbonyl (C=O) groups is 2. The molecule has 0 radical (unpaired) electrons. The second-order valence-corrected chi connectivity index (χ2v) is 12.4. The van der Waals surface area contributed by atoms with Crippen LogP contribution in [0.3, 0.4) is 0 Å². The van der Waals surface area contributed by atoms with Gasteiger partial charge in [-0.3, -0.25) is 9.69 Å². The van der Waals surface area contributed by atoms with Crippen LogP contribution in [0.15, 0.2) is 12.3 Å². The monoisotopic (exact) mass is 534 g/mol. The Morgan fingerprint density at radius 3 is 2.39 bits per heavy atom. The maximum absolute atomic E-state index is 12.7. The maximum Gasteiger partial charge on any atom is 0.408 e. The molecule has 216 valence electrons. The molecule has 1 saturated heterocycles.